The molecule has 1 amide bonds. The van der Waals surface area contributed by atoms with E-state index < -0.39 is 0 Å². The van der Waals surface area contributed by atoms with E-state index >= 15 is 0 Å². The smallest absolute Gasteiger partial charge is 0.307 e. The molecular weight excluding hydrogens is 386 g/mol. The number of para-hydroxylation sites is 1. The first-order chi connectivity index (χ1) is 12.0. The molecule has 0 fully saturated rings. The third kappa shape index (κ3) is 5.60. The van der Waals surface area contributed by atoms with Crippen molar-refractivity contribution >= 4 is 27.8 Å². The Bertz CT molecular complexity index is 748. The molecule has 2 rings (SSSR count). The Labute approximate surface area is 155 Å². The minimum Gasteiger partial charge on any atom is -0.488 e. The summed E-state index contributed by atoms with van der Waals surface area (Å²) in [4.78, 5) is 23.8. The highest BCUT2D eigenvalue weighted by molar-refractivity contribution is 9.10. The first kappa shape index (κ1) is 19.0. The number of benzene rings is 2. The highest BCUT2D eigenvalue weighted by atomic mass is 79.9. The van der Waals surface area contributed by atoms with Crippen LogP contribution < -0.4 is 10.1 Å². The number of esters is 1. The number of carbonyl (C=O) groups excluding carboxylic acids is 2. The quantitative estimate of drug-likeness (QED) is 0.713. The number of ether oxygens (including phenoxy) is 2. The number of hydrogen-bond acceptors (Lipinski definition) is 4. The summed E-state index contributed by atoms with van der Waals surface area (Å²) in [6.45, 7) is 2.09. The summed E-state index contributed by atoms with van der Waals surface area (Å²) >= 11 is 3.48. The van der Waals surface area contributed by atoms with Crippen LogP contribution in [0.2, 0.25) is 0 Å². The van der Waals surface area contributed by atoms with Gasteiger partial charge in [-0.1, -0.05) is 46.3 Å². The number of carbonyl (C=O) groups is 2. The zero-order chi connectivity index (χ0) is 18.2. The molecule has 1 N–H and O–H groups in total. The Hall–Kier alpha value is -2.34. The van der Waals surface area contributed by atoms with E-state index in [9.17, 15) is 9.59 Å². The standard InChI is InChI=1S/C19H20BrNO4/c1-13(11-18(22)24-2)21-19(23)15-8-4-6-10-17(15)25-12-14-7-3-5-9-16(14)20/h3-10,13H,11-12H2,1-2H3,(H,21,23). The summed E-state index contributed by atoms with van der Waals surface area (Å²) < 4.78 is 11.4. The predicted molar refractivity (Wildman–Crippen MR) is 98.5 cm³/mol. The topological polar surface area (TPSA) is 64.6 Å². The Morgan fingerprint density at radius 1 is 1.12 bits per heavy atom. The Balaban J connectivity index is 2.05. The van der Waals surface area contributed by atoms with Gasteiger partial charge in [-0.2, -0.15) is 0 Å². The number of halogens is 1. The lowest BCUT2D eigenvalue weighted by atomic mass is 10.1. The zero-order valence-electron chi connectivity index (χ0n) is 14.1. The number of rotatable bonds is 7. The normalized spacial score (nSPS) is 11.5. The van der Waals surface area contributed by atoms with Crippen LogP contribution >= 0.6 is 15.9 Å². The van der Waals surface area contributed by atoms with Gasteiger partial charge in [0.05, 0.1) is 19.1 Å². The van der Waals surface area contributed by atoms with E-state index in [0.717, 1.165) is 10.0 Å². The summed E-state index contributed by atoms with van der Waals surface area (Å²) in [5.74, 6) is -0.175. The number of hydrogen-bond donors (Lipinski definition) is 1. The van der Waals surface area contributed by atoms with Crippen molar-refractivity contribution in [1.82, 2.24) is 5.32 Å². The fourth-order valence-electron chi connectivity index (χ4n) is 2.24. The summed E-state index contributed by atoms with van der Waals surface area (Å²) in [5, 5.41) is 2.78. The predicted octanol–water partition coefficient (Wildman–Crippen LogP) is 3.71. The van der Waals surface area contributed by atoms with Gasteiger partial charge < -0.3 is 14.8 Å². The van der Waals surface area contributed by atoms with Crippen LogP contribution in [0, 0.1) is 0 Å². The molecule has 1 atom stereocenters. The van der Waals surface area contributed by atoms with Gasteiger partial charge in [-0.25, -0.2) is 0 Å². The second-order valence-electron chi connectivity index (χ2n) is 5.53. The van der Waals surface area contributed by atoms with Crippen molar-refractivity contribution in [2.24, 2.45) is 0 Å². The van der Waals surface area contributed by atoms with Crippen LogP contribution in [0.1, 0.15) is 29.3 Å². The van der Waals surface area contributed by atoms with Crippen molar-refractivity contribution in [3.63, 3.8) is 0 Å². The lowest BCUT2D eigenvalue weighted by molar-refractivity contribution is -0.141. The fourth-order valence-corrected chi connectivity index (χ4v) is 2.64. The van der Waals surface area contributed by atoms with Gasteiger partial charge >= 0.3 is 5.97 Å². The zero-order valence-corrected chi connectivity index (χ0v) is 15.7. The largest absolute Gasteiger partial charge is 0.488 e. The van der Waals surface area contributed by atoms with Gasteiger partial charge in [-0.15, -0.1) is 0 Å². The van der Waals surface area contributed by atoms with Gasteiger partial charge in [-0.05, 0) is 25.1 Å². The highest BCUT2D eigenvalue weighted by Crippen LogP contribution is 2.22. The van der Waals surface area contributed by atoms with Gasteiger partial charge in [0.1, 0.15) is 12.4 Å². The molecule has 0 aliphatic rings. The minimum atomic E-state index is -0.369. The molecule has 0 aliphatic heterocycles. The van der Waals surface area contributed by atoms with Crippen molar-refractivity contribution in [3.8, 4) is 5.75 Å². The molecule has 25 heavy (non-hydrogen) atoms. The molecule has 0 radical (unpaired) electrons. The van der Waals surface area contributed by atoms with E-state index in [1.807, 2.05) is 30.3 Å². The van der Waals surface area contributed by atoms with Crippen LogP contribution in [0.5, 0.6) is 5.75 Å². The summed E-state index contributed by atoms with van der Waals surface area (Å²) in [7, 11) is 1.32. The Morgan fingerprint density at radius 3 is 2.52 bits per heavy atom. The molecule has 2 aromatic rings. The van der Waals surface area contributed by atoms with E-state index in [4.69, 9.17) is 4.74 Å². The molecule has 2 aromatic carbocycles. The van der Waals surface area contributed by atoms with Crippen LogP contribution in [-0.4, -0.2) is 25.0 Å². The van der Waals surface area contributed by atoms with Crippen LogP contribution in [0.25, 0.3) is 0 Å². The molecule has 0 spiro atoms. The first-order valence-electron chi connectivity index (χ1n) is 7.84. The van der Waals surface area contributed by atoms with Crippen molar-refractivity contribution in [3.05, 3.63) is 64.1 Å². The van der Waals surface area contributed by atoms with E-state index in [-0.39, 0.29) is 24.3 Å². The third-order valence-electron chi connectivity index (χ3n) is 3.55. The third-order valence-corrected chi connectivity index (χ3v) is 4.32. The molecule has 0 saturated heterocycles. The van der Waals surface area contributed by atoms with Crippen LogP contribution in [0.15, 0.2) is 53.0 Å². The average molecular weight is 406 g/mol. The number of methoxy groups -OCH3 is 1. The Kier molecular flexibility index (Phi) is 7.01. The van der Waals surface area contributed by atoms with Crippen LogP contribution in [0.3, 0.4) is 0 Å². The van der Waals surface area contributed by atoms with E-state index in [0.29, 0.717) is 17.9 Å². The van der Waals surface area contributed by atoms with E-state index in [1.165, 1.54) is 7.11 Å². The summed E-state index contributed by atoms with van der Waals surface area (Å²) in [5.41, 5.74) is 1.41. The minimum absolute atomic E-state index is 0.113. The SMILES string of the molecule is COC(=O)CC(C)NC(=O)c1ccccc1OCc1ccccc1Br. The number of nitrogens with one attached hydrogen (secondary N) is 1. The Morgan fingerprint density at radius 2 is 1.80 bits per heavy atom. The monoisotopic (exact) mass is 405 g/mol. The molecule has 132 valence electrons. The average Bonchev–Trinajstić information content (AvgIpc) is 2.61. The fraction of sp³-hybridized carbons (Fsp3) is 0.263. The molecule has 0 aliphatic carbocycles. The molecule has 0 heterocycles. The van der Waals surface area contributed by atoms with Gasteiger partial charge in [0.2, 0.25) is 0 Å². The number of amides is 1. The van der Waals surface area contributed by atoms with Gasteiger partial charge in [0, 0.05) is 16.1 Å². The van der Waals surface area contributed by atoms with Crippen LogP contribution in [0.4, 0.5) is 0 Å². The molecular formula is C19H20BrNO4. The van der Waals surface area contributed by atoms with E-state index in [2.05, 4.69) is 26.0 Å². The van der Waals surface area contributed by atoms with Crippen molar-refractivity contribution in [2.75, 3.05) is 7.11 Å². The van der Waals surface area contributed by atoms with Crippen LogP contribution in [-0.2, 0) is 16.1 Å². The van der Waals surface area contributed by atoms with Crippen molar-refractivity contribution < 1.29 is 19.1 Å². The maximum absolute atomic E-state index is 12.5. The van der Waals surface area contributed by atoms with Gasteiger partial charge in [0.15, 0.2) is 0 Å². The summed E-state index contributed by atoms with van der Waals surface area (Å²) in [6, 6.07) is 14.4. The molecule has 0 aromatic heterocycles. The molecule has 1 unspecified atom stereocenters. The van der Waals surface area contributed by atoms with E-state index in [1.54, 1.807) is 25.1 Å². The van der Waals surface area contributed by atoms with Crippen molar-refractivity contribution in [1.29, 1.82) is 0 Å². The van der Waals surface area contributed by atoms with Gasteiger partial charge in [0.25, 0.3) is 5.91 Å². The maximum Gasteiger partial charge on any atom is 0.307 e. The molecule has 5 nitrogen and oxygen atoms in total. The molecule has 0 saturated carbocycles. The summed E-state index contributed by atoms with van der Waals surface area (Å²) in [6.07, 6.45) is 0.113. The highest BCUT2D eigenvalue weighted by Gasteiger charge is 2.17. The van der Waals surface area contributed by atoms with Crippen molar-refractivity contribution in [2.45, 2.75) is 26.0 Å². The second kappa shape index (κ2) is 9.22. The van der Waals surface area contributed by atoms with Gasteiger partial charge in [-0.3, -0.25) is 9.59 Å². The molecule has 6 heteroatoms. The maximum atomic E-state index is 12.5. The second-order valence-corrected chi connectivity index (χ2v) is 6.39. The lowest BCUT2D eigenvalue weighted by Gasteiger charge is -2.15. The lowest BCUT2D eigenvalue weighted by Crippen LogP contribution is -2.34. The molecule has 0 bridgehead atoms. The first-order valence-corrected chi connectivity index (χ1v) is 8.63.